The Morgan fingerprint density at radius 3 is 2.37 bits per heavy atom. The maximum Gasteiger partial charge on any atom is 0.341 e. The Balaban J connectivity index is 1.28. The van der Waals surface area contributed by atoms with Crippen LogP contribution >= 0.6 is 23.1 Å². The third-order valence-electron chi connectivity index (χ3n) is 7.30. The van der Waals surface area contributed by atoms with Crippen LogP contribution in [0, 0.1) is 0 Å². The van der Waals surface area contributed by atoms with Crippen molar-refractivity contribution in [3.05, 3.63) is 118 Å². The van der Waals surface area contributed by atoms with Gasteiger partial charge in [-0.15, -0.1) is 23.1 Å². The minimum atomic E-state index is -0.501. The van der Waals surface area contributed by atoms with Crippen molar-refractivity contribution >= 4 is 63.6 Å². The molecule has 4 aromatic rings. The van der Waals surface area contributed by atoms with Crippen molar-refractivity contribution in [2.75, 3.05) is 17.2 Å². The summed E-state index contributed by atoms with van der Waals surface area (Å²) in [7, 11) is 0. The smallest absolute Gasteiger partial charge is 0.341 e. The highest BCUT2D eigenvalue weighted by Crippen LogP contribution is 2.39. The molecule has 0 aliphatic heterocycles. The summed E-state index contributed by atoms with van der Waals surface area (Å²) >= 11 is 2.79. The molecule has 10 heteroatoms. The maximum atomic E-state index is 13.4. The summed E-state index contributed by atoms with van der Waals surface area (Å²) < 4.78 is 5.32. The lowest BCUT2D eigenvalue weighted by atomic mass is 9.95. The zero-order valence-electron chi connectivity index (χ0n) is 25.6. The lowest BCUT2D eigenvalue weighted by Gasteiger charge is -2.15. The molecule has 1 aromatic heterocycles. The normalized spacial score (nSPS) is 13.2. The molecule has 0 radical (unpaired) electrons. The molecule has 1 heterocycles. The van der Waals surface area contributed by atoms with E-state index in [1.807, 2.05) is 42.5 Å². The monoisotopic (exact) mass is 653 g/mol. The zero-order chi connectivity index (χ0) is 32.5. The molecule has 1 aliphatic rings. The number of ether oxygens (including phenoxy) is 1. The van der Waals surface area contributed by atoms with E-state index in [0.29, 0.717) is 21.8 Å². The molecule has 0 spiro atoms. The Bertz CT molecular complexity index is 1750. The van der Waals surface area contributed by atoms with Gasteiger partial charge in [-0.3, -0.25) is 14.4 Å². The van der Waals surface area contributed by atoms with Crippen molar-refractivity contribution in [3.8, 4) is 0 Å². The van der Waals surface area contributed by atoms with Gasteiger partial charge in [0.05, 0.1) is 17.4 Å². The molecule has 3 N–H and O–H groups in total. The highest BCUT2D eigenvalue weighted by Gasteiger charge is 2.28. The van der Waals surface area contributed by atoms with Gasteiger partial charge < -0.3 is 20.7 Å². The quantitative estimate of drug-likeness (QED) is 0.0888. The Kier molecular flexibility index (Phi) is 11.1. The predicted octanol–water partition coefficient (Wildman–Crippen LogP) is 7.33. The average molecular weight is 654 g/mol. The number of amides is 3. The third-order valence-corrected chi connectivity index (χ3v) is 9.60. The molecule has 1 atom stereocenters. The second-order valence-electron chi connectivity index (χ2n) is 10.7. The molecule has 3 amide bonds. The van der Waals surface area contributed by atoms with Crippen LogP contribution in [0.1, 0.15) is 63.4 Å². The van der Waals surface area contributed by atoms with Gasteiger partial charge >= 0.3 is 5.97 Å². The number of nitrogens with one attached hydrogen (secondary N) is 3. The number of hydrogen-bond acceptors (Lipinski definition) is 7. The number of thiophene rings is 1. The number of rotatable bonds is 11. The van der Waals surface area contributed by atoms with Crippen LogP contribution in [0.2, 0.25) is 0 Å². The van der Waals surface area contributed by atoms with Crippen molar-refractivity contribution in [1.29, 1.82) is 0 Å². The number of hydrogen-bond donors (Lipinski definition) is 3. The summed E-state index contributed by atoms with van der Waals surface area (Å²) in [4.78, 5) is 54.4. The van der Waals surface area contributed by atoms with Gasteiger partial charge in [-0.1, -0.05) is 54.6 Å². The summed E-state index contributed by atoms with van der Waals surface area (Å²) in [5.74, 6) is -1.53. The minimum absolute atomic E-state index is 0.0851. The first-order valence-corrected chi connectivity index (χ1v) is 16.9. The van der Waals surface area contributed by atoms with Gasteiger partial charge in [0.15, 0.2) is 0 Å². The lowest BCUT2D eigenvalue weighted by molar-refractivity contribution is -0.115. The van der Waals surface area contributed by atoms with E-state index >= 15 is 0 Å². The average Bonchev–Trinajstić information content (AvgIpc) is 3.43. The van der Waals surface area contributed by atoms with E-state index in [0.717, 1.165) is 46.6 Å². The van der Waals surface area contributed by atoms with E-state index in [1.165, 1.54) is 23.1 Å². The van der Waals surface area contributed by atoms with Gasteiger partial charge in [0.1, 0.15) is 10.7 Å². The van der Waals surface area contributed by atoms with Crippen LogP contribution in [0.25, 0.3) is 6.08 Å². The first-order valence-electron chi connectivity index (χ1n) is 15.2. The predicted molar refractivity (Wildman–Crippen MR) is 184 cm³/mol. The molecule has 3 aromatic carbocycles. The van der Waals surface area contributed by atoms with Crippen molar-refractivity contribution < 1.29 is 23.9 Å². The van der Waals surface area contributed by atoms with E-state index in [9.17, 15) is 19.2 Å². The number of carbonyl (C=O) groups is 4. The maximum absolute atomic E-state index is 13.4. The number of anilines is 2. The molecule has 1 aliphatic carbocycles. The summed E-state index contributed by atoms with van der Waals surface area (Å²) in [6.07, 6.45) is 5.38. The first-order chi connectivity index (χ1) is 22.3. The van der Waals surface area contributed by atoms with Crippen molar-refractivity contribution in [1.82, 2.24) is 5.32 Å². The highest BCUT2D eigenvalue weighted by atomic mass is 32.2. The first kappa shape index (κ1) is 32.7. The second kappa shape index (κ2) is 15.6. The molecular weight excluding hydrogens is 619 g/mol. The fourth-order valence-corrected chi connectivity index (χ4v) is 7.25. The van der Waals surface area contributed by atoms with Crippen LogP contribution in [-0.4, -0.2) is 35.5 Å². The van der Waals surface area contributed by atoms with Crippen LogP contribution in [0.3, 0.4) is 0 Å². The van der Waals surface area contributed by atoms with Crippen molar-refractivity contribution in [2.45, 2.75) is 49.7 Å². The summed E-state index contributed by atoms with van der Waals surface area (Å²) in [6, 6.07) is 25.1. The van der Waals surface area contributed by atoms with E-state index in [2.05, 4.69) is 16.0 Å². The molecule has 0 bridgehead atoms. The van der Waals surface area contributed by atoms with Gasteiger partial charge in [0, 0.05) is 21.0 Å². The molecule has 5 rings (SSSR count). The van der Waals surface area contributed by atoms with E-state index in [-0.39, 0.29) is 18.2 Å². The molecule has 236 valence electrons. The van der Waals surface area contributed by atoms with Crippen LogP contribution in [0.5, 0.6) is 0 Å². The fourth-order valence-electron chi connectivity index (χ4n) is 5.05. The number of carbonyl (C=O) groups excluding carboxylic acids is 4. The number of aryl methyl sites for hydroxylation is 1. The largest absolute Gasteiger partial charge is 0.462 e. The zero-order valence-corrected chi connectivity index (χ0v) is 27.3. The molecule has 0 fully saturated rings. The summed E-state index contributed by atoms with van der Waals surface area (Å²) in [5, 5.41) is 8.64. The van der Waals surface area contributed by atoms with Crippen LogP contribution in [0.4, 0.5) is 10.7 Å². The number of thioether (sulfide) groups is 1. The molecular formula is C36H35N3O5S2. The molecule has 8 nitrogen and oxygen atoms in total. The SMILES string of the molecule is CCOC(=O)c1c(NC(=O)C(C)Sc2cccc(NC(=O)/C(=C/c3ccccc3)NC(=O)c3ccccc3)c2)sc2c1CCCC2. The summed E-state index contributed by atoms with van der Waals surface area (Å²) in [5.41, 5.74) is 3.25. The van der Waals surface area contributed by atoms with Crippen LogP contribution < -0.4 is 16.0 Å². The van der Waals surface area contributed by atoms with Crippen LogP contribution in [0.15, 0.2) is 95.5 Å². The molecule has 0 saturated carbocycles. The van der Waals surface area contributed by atoms with Crippen molar-refractivity contribution in [3.63, 3.8) is 0 Å². The van der Waals surface area contributed by atoms with E-state index in [1.54, 1.807) is 62.4 Å². The topological polar surface area (TPSA) is 114 Å². The van der Waals surface area contributed by atoms with Crippen LogP contribution in [-0.2, 0) is 27.2 Å². The lowest BCUT2D eigenvalue weighted by Crippen LogP contribution is -2.30. The second-order valence-corrected chi connectivity index (χ2v) is 13.2. The molecule has 0 saturated heterocycles. The Morgan fingerprint density at radius 2 is 1.63 bits per heavy atom. The molecule has 46 heavy (non-hydrogen) atoms. The Morgan fingerprint density at radius 1 is 0.913 bits per heavy atom. The van der Waals surface area contributed by atoms with Gasteiger partial charge in [0.25, 0.3) is 11.8 Å². The Hall–Kier alpha value is -4.67. The van der Waals surface area contributed by atoms with Gasteiger partial charge in [-0.05, 0) is 87.1 Å². The standard InChI is InChI=1S/C36H35N3O5S2/c1-3-44-36(43)31-28-19-10-11-20-30(28)46-35(31)39-32(40)23(2)45-27-18-12-17-26(22-27)37-34(42)29(21-24-13-6-4-7-14-24)38-33(41)25-15-8-5-9-16-25/h4-9,12-18,21-23H,3,10-11,19-20H2,1-2H3,(H,37,42)(H,38,41)(H,39,40)/b29-21-. The highest BCUT2D eigenvalue weighted by molar-refractivity contribution is 8.00. The Labute approximate surface area is 276 Å². The summed E-state index contributed by atoms with van der Waals surface area (Å²) in [6.45, 7) is 3.83. The number of esters is 1. The third kappa shape index (κ3) is 8.32. The van der Waals surface area contributed by atoms with Crippen molar-refractivity contribution in [2.24, 2.45) is 0 Å². The van der Waals surface area contributed by atoms with E-state index in [4.69, 9.17) is 4.74 Å². The number of benzene rings is 3. The van der Waals surface area contributed by atoms with Gasteiger partial charge in [-0.2, -0.15) is 0 Å². The molecule has 1 unspecified atom stereocenters. The van der Waals surface area contributed by atoms with E-state index < -0.39 is 23.0 Å². The van der Waals surface area contributed by atoms with Gasteiger partial charge in [-0.25, -0.2) is 4.79 Å². The fraction of sp³-hybridized carbons (Fsp3) is 0.222. The number of fused-ring (bicyclic) bond motifs is 1. The minimum Gasteiger partial charge on any atom is -0.462 e. The van der Waals surface area contributed by atoms with Gasteiger partial charge in [0.2, 0.25) is 5.91 Å².